The molecule has 2 aromatic heterocycles. The second kappa shape index (κ2) is 7.86. The number of guanidine groups is 1. The number of aryl methyl sites for hydroxylation is 3. The van der Waals surface area contributed by atoms with Crippen LogP contribution in [0.3, 0.4) is 0 Å². The molecule has 1 fully saturated rings. The number of hydrogen-bond acceptors (Lipinski definition) is 5. The van der Waals surface area contributed by atoms with E-state index >= 15 is 0 Å². The van der Waals surface area contributed by atoms with Crippen molar-refractivity contribution in [2.45, 2.75) is 39.3 Å². The topological polar surface area (TPSA) is 70.4 Å². The van der Waals surface area contributed by atoms with Gasteiger partial charge in [-0.15, -0.1) is 11.3 Å². The Morgan fingerprint density at radius 2 is 2.28 bits per heavy atom. The van der Waals surface area contributed by atoms with E-state index < -0.39 is 0 Å². The van der Waals surface area contributed by atoms with Crippen molar-refractivity contribution in [2.75, 3.05) is 25.0 Å². The standard InChI is InChI=1S/C17H27N7S/c1-12-13(2)25-16(21-12)9-19-17(18-3)22-14-6-5-7-24(10-14)15-8-20-23(4)11-15/h8,11,14H,5-7,9-10H2,1-4H3,(H2,18,19,22). The van der Waals surface area contributed by atoms with Crippen LogP contribution in [0.25, 0.3) is 0 Å². The largest absolute Gasteiger partial charge is 0.367 e. The van der Waals surface area contributed by atoms with Crippen LogP contribution >= 0.6 is 11.3 Å². The average Bonchev–Trinajstić information content (AvgIpc) is 3.17. The van der Waals surface area contributed by atoms with Gasteiger partial charge in [0.25, 0.3) is 0 Å². The maximum absolute atomic E-state index is 4.57. The molecule has 1 saturated heterocycles. The van der Waals surface area contributed by atoms with Crippen molar-refractivity contribution in [2.24, 2.45) is 12.0 Å². The molecule has 3 rings (SSSR count). The van der Waals surface area contributed by atoms with Gasteiger partial charge in [-0.05, 0) is 26.7 Å². The third-order valence-corrected chi connectivity index (χ3v) is 5.59. The van der Waals surface area contributed by atoms with Gasteiger partial charge in [0.15, 0.2) is 5.96 Å². The first-order chi connectivity index (χ1) is 12.0. The zero-order valence-corrected chi connectivity index (χ0v) is 16.2. The van der Waals surface area contributed by atoms with Gasteiger partial charge in [-0.3, -0.25) is 9.67 Å². The van der Waals surface area contributed by atoms with Gasteiger partial charge in [0.1, 0.15) is 5.01 Å². The van der Waals surface area contributed by atoms with Gasteiger partial charge in [0.05, 0.1) is 24.1 Å². The van der Waals surface area contributed by atoms with E-state index in [4.69, 9.17) is 0 Å². The summed E-state index contributed by atoms with van der Waals surface area (Å²) in [4.78, 5) is 12.6. The molecule has 0 amide bonds. The highest BCUT2D eigenvalue weighted by atomic mass is 32.1. The molecule has 0 saturated carbocycles. The molecule has 0 radical (unpaired) electrons. The minimum absolute atomic E-state index is 0.375. The highest BCUT2D eigenvalue weighted by Gasteiger charge is 2.21. The zero-order chi connectivity index (χ0) is 17.8. The quantitative estimate of drug-likeness (QED) is 0.642. The Balaban J connectivity index is 1.54. The molecule has 0 aromatic carbocycles. The maximum Gasteiger partial charge on any atom is 0.191 e. The first-order valence-electron chi connectivity index (χ1n) is 8.69. The fraction of sp³-hybridized carbons (Fsp3) is 0.588. The predicted octanol–water partition coefficient (Wildman–Crippen LogP) is 1.83. The molecule has 1 unspecified atom stereocenters. The summed E-state index contributed by atoms with van der Waals surface area (Å²) in [7, 11) is 3.77. The number of nitrogens with zero attached hydrogens (tertiary/aromatic N) is 5. The normalized spacial score (nSPS) is 18.5. The average molecular weight is 362 g/mol. The van der Waals surface area contributed by atoms with Crippen molar-refractivity contribution < 1.29 is 0 Å². The number of hydrogen-bond donors (Lipinski definition) is 2. The Labute approximate surface area is 153 Å². The molecule has 1 atom stereocenters. The van der Waals surface area contributed by atoms with Gasteiger partial charge in [-0.1, -0.05) is 0 Å². The number of rotatable bonds is 4. The van der Waals surface area contributed by atoms with Crippen molar-refractivity contribution in [3.8, 4) is 0 Å². The third kappa shape index (κ3) is 4.50. The molecule has 25 heavy (non-hydrogen) atoms. The van der Waals surface area contributed by atoms with Gasteiger partial charge >= 0.3 is 0 Å². The monoisotopic (exact) mass is 361 g/mol. The molecule has 7 nitrogen and oxygen atoms in total. The number of nitrogens with one attached hydrogen (secondary N) is 2. The minimum atomic E-state index is 0.375. The van der Waals surface area contributed by atoms with E-state index in [2.05, 4.69) is 50.7 Å². The molecule has 2 aromatic rings. The fourth-order valence-electron chi connectivity index (χ4n) is 3.06. The Bertz CT molecular complexity index is 714. The summed E-state index contributed by atoms with van der Waals surface area (Å²) in [6.07, 6.45) is 6.31. The number of thiazole rings is 1. The number of piperidine rings is 1. The SMILES string of the molecule is CN=C(NCc1nc(C)c(C)s1)NC1CCCN(c2cnn(C)c2)C1. The van der Waals surface area contributed by atoms with Crippen LogP contribution in [0.1, 0.15) is 28.4 Å². The highest BCUT2D eigenvalue weighted by molar-refractivity contribution is 7.11. The Kier molecular flexibility index (Phi) is 5.57. The van der Waals surface area contributed by atoms with E-state index in [0.29, 0.717) is 12.6 Å². The molecule has 1 aliphatic rings. The minimum Gasteiger partial charge on any atom is -0.367 e. The molecule has 1 aliphatic heterocycles. The zero-order valence-electron chi connectivity index (χ0n) is 15.4. The molecule has 2 N–H and O–H groups in total. The molecule has 0 aliphatic carbocycles. The summed E-state index contributed by atoms with van der Waals surface area (Å²) in [5, 5.41) is 12.3. The molecule has 0 spiro atoms. The summed E-state index contributed by atoms with van der Waals surface area (Å²) in [6, 6.07) is 0.375. The van der Waals surface area contributed by atoms with Crippen molar-refractivity contribution in [3.63, 3.8) is 0 Å². The molecule has 8 heteroatoms. The number of anilines is 1. The van der Waals surface area contributed by atoms with Gasteiger partial charge in [-0.25, -0.2) is 4.98 Å². The molecule has 136 valence electrons. The second-order valence-electron chi connectivity index (χ2n) is 6.48. The molecular formula is C17H27N7S. The van der Waals surface area contributed by atoms with E-state index in [1.807, 2.05) is 25.0 Å². The van der Waals surface area contributed by atoms with E-state index in [1.165, 1.54) is 10.6 Å². The maximum atomic E-state index is 4.57. The van der Waals surface area contributed by atoms with E-state index in [1.54, 1.807) is 11.3 Å². The Hall–Kier alpha value is -2.09. The molecular weight excluding hydrogens is 334 g/mol. The first kappa shape index (κ1) is 17.7. The second-order valence-corrected chi connectivity index (χ2v) is 7.76. The van der Waals surface area contributed by atoms with Crippen molar-refractivity contribution in [3.05, 3.63) is 28.0 Å². The van der Waals surface area contributed by atoms with Crippen molar-refractivity contribution >= 4 is 23.0 Å². The van der Waals surface area contributed by atoms with Crippen LogP contribution in [0.4, 0.5) is 5.69 Å². The van der Waals surface area contributed by atoms with Gasteiger partial charge < -0.3 is 15.5 Å². The Morgan fingerprint density at radius 1 is 1.44 bits per heavy atom. The van der Waals surface area contributed by atoms with E-state index in [9.17, 15) is 0 Å². The Morgan fingerprint density at radius 3 is 2.92 bits per heavy atom. The van der Waals surface area contributed by atoms with Crippen LogP contribution < -0.4 is 15.5 Å². The van der Waals surface area contributed by atoms with Gasteiger partial charge in [0.2, 0.25) is 0 Å². The lowest BCUT2D eigenvalue weighted by molar-refractivity contribution is 0.468. The van der Waals surface area contributed by atoms with Crippen LogP contribution in [0.5, 0.6) is 0 Å². The van der Waals surface area contributed by atoms with Crippen molar-refractivity contribution in [1.82, 2.24) is 25.4 Å². The van der Waals surface area contributed by atoms with Crippen LogP contribution in [0, 0.1) is 13.8 Å². The molecule has 0 bridgehead atoms. The van der Waals surface area contributed by atoms with Crippen molar-refractivity contribution in [1.29, 1.82) is 0 Å². The lowest BCUT2D eigenvalue weighted by Gasteiger charge is -2.34. The highest BCUT2D eigenvalue weighted by Crippen LogP contribution is 2.19. The molecule has 3 heterocycles. The van der Waals surface area contributed by atoms with Crippen LogP contribution in [0.2, 0.25) is 0 Å². The van der Waals surface area contributed by atoms with E-state index in [-0.39, 0.29) is 0 Å². The lowest BCUT2D eigenvalue weighted by atomic mass is 10.1. The summed E-state index contributed by atoms with van der Waals surface area (Å²) in [6.45, 7) is 6.91. The van der Waals surface area contributed by atoms with Crippen LogP contribution in [0.15, 0.2) is 17.4 Å². The van der Waals surface area contributed by atoms with Gasteiger partial charge in [0, 0.05) is 44.3 Å². The first-order valence-corrected chi connectivity index (χ1v) is 9.50. The summed E-state index contributed by atoms with van der Waals surface area (Å²) in [5.74, 6) is 0.837. The van der Waals surface area contributed by atoms with E-state index in [0.717, 1.165) is 42.6 Å². The summed E-state index contributed by atoms with van der Waals surface area (Å²) in [5.41, 5.74) is 2.30. The summed E-state index contributed by atoms with van der Waals surface area (Å²) >= 11 is 1.74. The smallest absolute Gasteiger partial charge is 0.191 e. The predicted molar refractivity (Wildman–Crippen MR) is 103 cm³/mol. The lowest BCUT2D eigenvalue weighted by Crippen LogP contribution is -2.51. The third-order valence-electron chi connectivity index (χ3n) is 4.52. The number of aromatic nitrogens is 3. The number of aliphatic imine (C=N–C) groups is 1. The van der Waals surface area contributed by atoms with Crippen LogP contribution in [-0.4, -0.2) is 46.9 Å². The van der Waals surface area contributed by atoms with Crippen LogP contribution in [-0.2, 0) is 13.6 Å². The van der Waals surface area contributed by atoms with Gasteiger partial charge in [-0.2, -0.15) is 5.10 Å². The fourth-order valence-corrected chi connectivity index (χ4v) is 3.94. The summed E-state index contributed by atoms with van der Waals surface area (Å²) < 4.78 is 1.85.